The maximum absolute atomic E-state index is 6.16. The van der Waals surface area contributed by atoms with Crippen LogP contribution in [0.4, 0.5) is 5.95 Å². The first-order chi connectivity index (χ1) is 7.74. The number of nitrogens with one attached hydrogen (secondary N) is 1. The average molecular weight is 312 g/mol. The summed E-state index contributed by atoms with van der Waals surface area (Å²) in [4.78, 5) is 4.29. The molecule has 0 aliphatic heterocycles. The Morgan fingerprint density at radius 3 is 2.78 bits per heavy atom. The fraction of sp³-hybridized carbons (Fsp3) is 0.364. The topological polar surface area (TPSA) is 55.9 Å². The number of imidazole rings is 1. The summed E-state index contributed by atoms with van der Waals surface area (Å²) in [5.41, 5.74) is 7.66. The number of aryl methyl sites for hydroxylation is 1. The normalized spacial score (nSPS) is 9.89. The van der Waals surface area contributed by atoms with Crippen LogP contribution in [0.3, 0.4) is 0 Å². The molecule has 1 aromatic carbocycles. The lowest BCUT2D eigenvalue weighted by Crippen LogP contribution is -2.12. The van der Waals surface area contributed by atoms with E-state index >= 15 is 0 Å². The van der Waals surface area contributed by atoms with E-state index in [-0.39, 0.29) is 24.8 Å². The molecule has 18 heavy (non-hydrogen) atoms. The third kappa shape index (κ3) is 3.42. The Morgan fingerprint density at radius 1 is 1.39 bits per heavy atom. The molecule has 0 fully saturated rings. The minimum absolute atomic E-state index is 0. The smallest absolute Gasteiger partial charge is 0.201 e. The fourth-order valence-corrected chi connectivity index (χ4v) is 2.07. The van der Waals surface area contributed by atoms with Gasteiger partial charge in [0.2, 0.25) is 5.95 Å². The molecule has 0 amide bonds. The van der Waals surface area contributed by atoms with Crippen LogP contribution >= 0.6 is 36.4 Å². The highest BCUT2D eigenvalue weighted by Gasteiger charge is 2.10. The van der Waals surface area contributed by atoms with Crippen molar-refractivity contribution in [3.05, 3.63) is 23.2 Å². The van der Waals surface area contributed by atoms with Crippen LogP contribution in [0.1, 0.15) is 6.42 Å². The van der Waals surface area contributed by atoms with Crippen LogP contribution in [-0.2, 0) is 6.54 Å². The number of nitrogens with zero attached hydrogens (tertiary/aromatic N) is 2. The SMILES string of the molecule is CNCCCn1c(N)nc2cccc(Cl)c21.Cl.Cl. The van der Waals surface area contributed by atoms with Crippen LogP contribution in [-0.4, -0.2) is 23.1 Å². The maximum Gasteiger partial charge on any atom is 0.201 e. The number of fused-ring (bicyclic) bond motifs is 1. The number of benzene rings is 1. The first kappa shape index (κ1) is 17.3. The van der Waals surface area contributed by atoms with Crippen molar-refractivity contribution in [3.8, 4) is 0 Å². The van der Waals surface area contributed by atoms with Crippen molar-refractivity contribution >= 4 is 53.4 Å². The standard InChI is InChI=1S/C11H15ClN4.2ClH/c1-14-6-3-7-16-10-8(12)4-2-5-9(10)15-11(16)13;;/h2,4-5,14H,3,6-7H2,1H3,(H2,13,15);2*1H. The summed E-state index contributed by atoms with van der Waals surface area (Å²) in [5.74, 6) is 0.527. The second-order valence-corrected chi connectivity index (χ2v) is 4.09. The molecule has 0 saturated heterocycles. The van der Waals surface area contributed by atoms with Crippen LogP contribution in [0.2, 0.25) is 5.02 Å². The molecule has 3 N–H and O–H groups in total. The summed E-state index contributed by atoms with van der Waals surface area (Å²) >= 11 is 6.16. The van der Waals surface area contributed by atoms with Crippen molar-refractivity contribution in [2.24, 2.45) is 0 Å². The van der Waals surface area contributed by atoms with Gasteiger partial charge in [0.15, 0.2) is 0 Å². The van der Waals surface area contributed by atoms with E-state index in [0.29, 0.717) is 11.0 Å². The molecule has 2 rings (SSSR count). The lowest BCUT2D eigenvalue weighted by molar-refractivity contribution is 0.630. The van der Waals surface area contributed by atoms with Crippen LogP contribution in [0.15, 0.2) is 18.2 Å². The summed E-state index contributed by atoms with van der Waals surface area (Å²) in [5, 5.41) is 3.80. The molecule has 0 saturated carbocycles. The Balaban J connectivity index is 0.00000144. The number of rotatable bonds is 4. The van der Waals surface area contributed by atoms with Gasteiger partial charge in [-0.05, 0) is 32.1 Å². The van der Waals surface area contributed by atoms with Gasteiger partial charge in [0, 0.05) is 6.54 Å². The Morgan fingerprint density at radius 2 is 2.11 bits per heavy atom. The van der Waals surface area contributed by atoms with Crippen molar-refractivity contribution < 1.29 is 0 Å². The molecule has 0 aliphatic carbocycles. The number of hydrogen-bond acceptors (Lipinski definition) is 3. The van der Waals surface area contributed by atoms with Crippen LogP contribution < -0.4 is 11.1 Å². The fourth-order valence-electron chi connectivity index (χ4n) is 1.80. The molecule has 0 spiro atoms. The third-order valence-corrected chi connectivity index (χ3v) is 2.86. The molecule has 1 heterocycles. The van der Waals surface area contributed by atoms with Gasteiger partial charge in [-0.15, -0.1) is 24.8 Å². The van der Waals surface area contributed by atoms with Gasteiger partial charge in [0.1, 0.15) is 0 Å². The summed E-state index contributed by atoms with van der Waals surface area (Å²) in [6.45, 7) is 1.77. The van der Waals surface area contributed by atoms with Crippen LogP contribution in [0.25, 0.3) is 11.0 Å². The molecule has 0 unspecified atom stereocenters. The zero-order chi connectivity index (χ0) is 11.5. The van der Waals surface area contributed by atoms with Gasteiger partial charge in [-0.25, -0.2) is 4.98 Å². The zero-order valence-corrected chi connectivity index (χ0v) is 12.4. The highest BCUT2D eigenvalue weighted by atomic mass is 35.5. The van der Waals surface area contributed by atoms with E-state index in [2.05, 4.69) is 10.3 Å². The predicted molar refractivity (Wildman–Crippen MR) is 82.2 cm³/mol. The highest BCUT2D eigenvalue weighted by Crippen LogP contribution is 2.25. The quantitative estimate of drug-likeness (QED) is 0.854. The summed E-state index contributed by atoms with van der Waals surface area (Å²) in [6.07, 6.45) is 0.997. The Labute approximate surface area is 124 Å². The highest BCUT2D eigenvalue weighted by molar-refractivity contribution is 6.35. The maximum atomic E-state index is 6.16. The predicted octanol–water partition coefficient (Wildman–Crippen LogP) is 2.73. The molecule has 1 aromatic heterocycles. The molecular weight excluding hydrogens is 295 g/mol. The van der Waals surface area contributed by atoms with E-state index in [1.54, 1.807) is 0 Å². The van der Waals surface area contributed by atoms with Crippen LogP contribution in [0, 0.1) is 0 Å². The number of halogens is 3. The first-order valence-corrected chi connectivity index (χ1v) is 5.66. The molecule has 0 atom stereocenters. The van der Waals surface area contributed by atoms with E-state index in [9.17, 15) is 0 Å². The van der Waals surface area contributed by atoms with Gasteiger partial charge in [0.05, 0.1) is 16.1 Å². The van der Waals surface area contributed by atoms with Gasteiger partial charge in [-0.3, -0.25) is 0 Å². The molecule has 102 valence electrons. The van der Waals surface area contributed by atoms with E-state index in [4.69, 9.17) is 17.3 Å². The number of para-hydroxylation sites is 1. The van der Waals surface area contributed by atoms with Gasteiger partial charge >= 0.3 is 0 Å². The zero-order valence-electron chi connectivity index (χ0n) is 10.0. The van der Waals surface area contributed by atoms with Gasteiger partial charge in [-0.1, -0.05) is 17.7 Å². The minimum atomic E-state index is 0. The monoisotopic (exact) mass is 310 g/mol. The van der Waals surface area contributed by atoms with Crippen molar-refractivity contribution in [2.75, 3.05) is 19.3 Å². The Bertz CT molecular complexity index is 498. The Kier molecular flexibility index (Phi) is 7.40. The van der Waals surface area contributed by atoms with Crippen molar-refractivity contribution in [1.82, 2.24) is 14.9 Å². The lowest BCUT2D eigenvalue weighted by atomic mass is 10.3. The summed E-state index contributed by atoms with van der Waals surface area (Å²) in [7, 11) is 1.93. The number of hydrogen-bond donors (Lipinski definition) is 2. The van der Waals surface area contributed by atoms with E-state index < -0.39 is 0 Å². The summed E-state index contributed by atoms with van der Waals surface area (Å²) in [6, 6.07) is 5.67. The minimum Gasteiger partial charge on any atom is -0.369 e. The van der Waals surface area contributed by atoms with Crippen LogP contribution in [0.5, 0.6) is 0 Å². The molecule has 2 aromatic rings. The van der Waals surface area contributed by atoms with Gasteiger partial charge in [-0.2, -0.15) is 0 Å². The number of nitrogens with two attached hydrogens (primary N) is 1. The molecule has 4 nitrogen and oxygen atoms in total. The van der Waals surface area contributed by atoms with Crippen molar-refractivity contribution in [2.45, 2.75) is 13.0 Å². The van der Waals surface area contributed by atoms with Gasteiger partial charge < -0.3 is 15.6 Å². The van der Waals surface area contributed by atoms with E-state index in [1.807, 2.05) is 29.8 Å². The number of aromatic nitrogens is 2. The first-order valence-electron chi connectivity index (χ1n) is 5.29. The van der Waals surface area contributed by atoms with Crippen molar-refractivity contribution in [1.29, 1.82) is 0 Å². The average Bonchev–Trinajstić information content (AvgIpc) is 2.57. The second kappa shape index (κ2) is 7.69. The second-order valence-electron chi connectivity index (χ2n) is 3.69. The number of anilines is 1. The van der Waals surface area contributed by atoms with Gasteiger partial charge in [0.25, 0.3) is 0 Å². The summed E-state index contributed by atoms with van der Waals surface area (Å²) < 4.78 is 1.97. The lowest BCUT2D eigenvalue weighted by Gasteiger charge is -2.06. The Hall–Kier alpha value is -0.680. The third-order valence-electron chi connectivity index (χ3n) is 2.56. The molecule has 0 bridgehead atoms. The number of nitrogen functional groups attached to an aromatic ring is 1. The van der Waals surface area contributed by atoms with E-state index in [0.717, 1.165) is 30.5 Å². The molecular formula is C11H17Cl3N4. The van der Waals surface area contributed by atoms with E-state index in [1.165, 1.54) is 0 Å². The molecule has 7 heteroatoms. The van der Waals surface area contributed by atoms with Crippen molar-refractivity contribution in [3.63, 3.8) is 0 Å². The molecule has 0 radical (unpaired) electrons. The molecule has 0 aliphatic rings. The largest absolute Gasteiger partial charge is 0.369 e.